The summed E-state index contributed by atoms with van der Waals surface area (Å²) in [7, 11) is -3.92. The Bertz CT molecular complexity index is 1490. The van der Waals surface area contributed by atoms with Crippen molar-refractivity contribution in [2.45, 2.75) is 13.4 Å². The Kier molecular flexibility index (Phi) is 3.80. The molecule has 0 atom stereocenters. The number of rotatable bonds is 6. The summed E-state index contributed by atoms with van der Waals surface area (Å²) in [5, 5.41) is 8.97. The van der Waals surface area contributed by atoms with Gasteiger partial charge in [-0.3, -0.25) is 4.79 Å². The van der Waals surface area contributed by atoms with Crippen molar-refractivity contribution in [3.63, 3.8) is 0 Å². The lowest BCUT2D eigenvalue weighted by Crippen LogP contribution is -2.30. The minimum Gasteiger partial charge on any atom is -0.313 e. The van der Waals surface area contributed by atoms with Crippen molar-refractivity contribution < 1.29 is 22.8 Å². The molecule has 3 rings (SSSR count). The zero-order valence-electron chi connectivity index (χ0n) is 22.2. The van der Waals surface area contributed by atoms with Crippen molar-refractivity contribution in [2.24, 2.45) is 0 Å². The first kappa shape index (κ1) is 13.1. The smallest absolute Gasteiger partial charge is 0.284 e. The SMILES string of the molecule is [2H]c1c([2H])c([2H])c(C([2H])([2H])N(c2ccc(C#N)cc2)c2nc(C(=O)NS(C)(=O)=O)c(C)s2)c([2H])c1[2H]. The number of benzene rings is 2. The molecule has 1 heterocycles. The third-order valence-electron chi connectivity index (χ3n) is 3.45. The number of anilines is 2. The number of hydrogen-bond donors (Lipinski definition) is 1. The molecule has 0 saturated carbocycles. The average Bonchev–Trinajstić information content (AvgIpc) is 3.16. The van der Waals surface area contributed by atoms with Gasteiger partial charge in [-0.05, 0) is 36.8 Å². The summed E-state index contributed by atoms with van der Waals surface area (Å²) in [4.78, 5) is 17.8. The predicted molar refractivity (Wildman–Crippen MR) is 113 cm³/mol. The third-order valence-corrected chi connectivity index (χ3v) is 4.96. The quantitative estimate of drug-likeness (QED) is 0.639. The van der Waals surface area contributed by atoms with Gasteiger partial charge in [0.25, 0.3) is 5.91 Å². The van der Waals surface area contributed by atoms with Crippen LogP contribution in [0.1, 0.15) is 36.1 Å². The second kappa shape index (κ2) is 8.43. The lowest BCUT2D eigenvalue weighted by atomic mass is 10.2. The lowest BCUT2D eigenvalue weighted by molar-refractivity contribution is 0.0977. The van der Waals surface area contributed by atoms with E-state index in [-0.39, 0.29) is 27.0 Å². The van der Waals surface area contributed by atoms with Crippen LogP contribution >= 0.6 is 11.3 Å². The van der Waals surface area contributed by atoms with E-state index in [1.165, 1.54) is 31.2 Å². The monoisotopic (exact) mass is 433 g/mol. The third kappa shape index (κ3) is 5.19. The Morgan fingerprint density at radius 3 is 2.55 bits per heavy atom. The van der Waals surface area contributed by atoms with E-state index in [2.05, 4.69) is 4.98 Å². The van der Waals surface area contributed by atoms with Crippen LogP contribution in [-0.2, 0) is 16.5 Å². The Balaban J connectivity index is 2.30. The maximum atomic E-state index is 12.5. The summed E-state index contributed by atoms with van der Waals surface area (Å²) in [6.07, 6.45) is 0.785. The number of nitrogens with one attached hydrogen (secondary N) is 1. The minimum absolute atomic E-state index is 0.0923. The first-order valence-electron chi connectivity index (χ1n) is 11.5. The molecule has 7 nitrogen and oxygen atoms in total. The molecule has 0 aliphatic heterocycles. The van der Waals surface area contributed by atoms with Gasteiger partial charge in [-0.15, -0.1) is 11.3 Å². The van der Waals surface area contributed by atoms with Gasteiger partial charge in [-0.25, -0.2) is 18.1 Å². The average molecular weight is 434 g/mol. The zero-order valence-corrected chi connectivity index (χ0v) is 16.8. The molecule has 0 unspecified atom stereocenters. The van der Waals surface area contributed by atoms with E-state index in [9.17, 15) is 13.2 Å². The highest BCUT2D eigenvalue weighted by atomic mass is 32.2. The molecular weight excluding hydrogens is 408 g/mol. The Labute approximate surface area is 183 Å². The summed E-state index contributed by atoms with van der Waals surface area (Å²) in [5.41, 5.74) is -0.621. The summed E-state index contributed by atoms with van der Waals surface area (Å²) in [5.74, 6) is -1.04. The molecule has 2 aromatic carbocycles. The standard InChI is InChI=1S/C20H18N4O3S2/c1-14-18(19(25)23-29(2,26)27)22-20(28-14)24(13-16-6-4-3-5-7-16)17-10-8-15(12-21)9-11-17/h3-11H,13H2,1-2H3,(H,23,25)/i3D,4D,5D,6D,7D,13D2. The molecule has 0 spiro atoms. The molecule has 0 bridgehead atoms. The minimum atomic E-state index is -3.92. The number of aryl methyl sites for hydroxylation is 1. The van der Waals surface area contributed by atoms with Gasteiger partial charge in [-0.2, -0.15) is 5.26 Å². The van der Waals surface area contributed by atoms with E-state index in [0.29, 0.717) is 0 Å². The van der Waals surface area contributed by atoms with E-state index in [0.717, 1.165) is 22.5 Å². The van der Waals surface area contributed by atoms with Gasteiger partial charge in [0, 0.05) is 10.6 Å². The van der Waals surface area contributed by atoms with Crippen molar-refractivity contribution in [3.8, 4) is 6.07 Å². The number of hydrogen-bond acceptors (Lipinski definition) is 7. The second-order valence-electron chi connectivity index (χ2n) is 5.71. The number of nitriles is 1. The molecule has 0 radical (unpaired) electrons. The van der Waals surface area contributed by atoms with Crippen LogP contribution in [0, 0.1) is 18.3 Å². The molecule has 148 valence electrons. The highest BCUT2D eigenvalue weighted by molar-refractivity contribution is 7.89. The molecule has 0 aliphatic rings. The normalized spacial score (nSPS) is 14.9. The number of nitrogens with zero attached hydrogens (tertiary/aromatic N) is 3. The van der Waals surface area contributed by atoms with Gasteiger partial charge in [0.2, 0.25) is 10.0 Å². The van der Waals surface area contributed by atoms with Gasteiger partial charge >= 0.3 is 0 Å². The van der Waals surface area contributed by atoms with Crippen LogP contribution in [-0.4, -0.2) is 25.6 Å². The van der Waals surface area contributed by atoms with Crippen LogP contribution in [0.25, 0.3) is 0 Å². The van der Waals surface area contributed by atoms with Gasteiger partial charge < -0.3 is 4.90 Å². The van der Waals surface area contributed by atoms with Gasteiger partial charge in [-0.1, -0.05) is 30.2 Å². The van der Waals surface area contributed by atoms with Gasteiger partial charge in [0.15, 0.2) is 5.13 Å². The fourth-order valence-corrected chi connectivity index (χ4v) is 3.55. The van der Waals surface area contributed by atoms with E-state index in [4.69, 9.17) is 14.9 Å². The van der Waals surface area contributed by atoms with Crippen molar-refractivity contribution in [3.05, 3.63) is 76.2 Å². The summed E-state index contributed by atoms with van der Waals surface area (Å²) < 4.78 is 82.8. The second-order valence-corrected chi connectivity index (χ2v) is 8.64. The van der Waals surface area contributed by atoms with E-state index in [1.54, 1.807) is 4.72 Å². The van der Waals surface area contributed by atoms with Crippen LogP contribution in [0.3, 0.4) is 0 Å². The first-order chi connectivity index (χ1) is 16.6. The van der Waals surface area contributed by atoms with Crippen LogP contribution in [0.5, 0.6) is 0 Å². The van der Waals surface area contributed by atoms with E-state index < -0.39 is 58.2 Å². The predicted octanol–water partition coefficient (Wildman–Crippen LogP) is 3.35. The number of sulfonamides is 1. The Morgan fingerprint density at radius 2 is 1.97 bits per heavy atom. The molecule has 3 aromatic rings. The summed E-state index contributed by atoms with van der Waals surface area (Å²) >= 11 is 0.827. The Hall–Kier alpha value is -3.22. The molecule has 1 N–H and O–H groups in total. The van der Waals surface area contributed by atoms with Crippen molar-refractivity contribution in [1.82, 2.24) is 9.71 Å². The fourth-order valence-electron chi connectivity index (χ4n) is 2.23. The van der Waals surface area contributed by atoms with Crippen LogP contribution in [0.4, 0.5) is 10.8 Å². The summed E-state index contributed by atoms with van der Waals surface area (Å²) in [6, 6.07) is 3.74. The molecule has 0 fully saturated rings. The zero-order chi connectivity index (χ0) is 27.2. The molecule has 1 amide bonds. The summed E-state index contributed by atoms with van der Waals surface area (Å²) in [6.45, 7) is -1.34. The van der Waals surface area contributed by atoms with Crippen LogP contribution in [0.15, 0.2) is 54.5 Å². The van der Waals surface area contributed by atoms with Crippen molar-refractivity contribution in [2.75, 3.05) is 11.2 Å². The molecule has 0 saturated heterocycles. The Morgan fingerprint density at radius 1 is 1.31 bits per heavy atom. The van der Waals surface area contributed by atoms with E-state index in [1.807, 2.05) is 6.07 Å². The molecule has 0 aliphatic carbocycles. The molecular formula is C20H18N4O3S2. The largest absolute Gasteiger partial charge is 0.313 e. The molecule has 9 heteroatoms. The van der Waals surface area contributed by atoms with E-state index >= 15 is 0 Å². The maximum Gasteiger partial charge on any atom is 0.284 e. The van der Waals surface area contributed by atoms with Gasteiger partial charge in [0.1, 0.15) is 5.69 Å². The van der Waals surface area contributed by atoms with Crippen molar-refractivity contribution in [1.29, 1.82) is 5.26 Å². The molecule has 29 heavy (non-hydrogen) atoms. The lowest BCUT2D eigenvalue weighted by Gasteiger charge is -2.22. The number of aromatic nitrogens is 1. The van der Waals surface area contributed by atoms with Crippen LogP contribution in [0.2, 0.25) is 0 Å². The fraction of sp³-hybridized carbons (Fsp3) is 0.150. The highest BCUT2D eigenvalue weighted by Crippen LogP contribution is 2.33. The topological polar surface area (TPSA) is 103 Å². The number of carbonyl (C=O) groups is 1. The van der Waals surface area contributed by atoms with Crippen molar-refractivity contribution >= 4 is 38.1 Å². The number of thiazole rings is 1. The number of carbonyl (C=O) groups excluding carboxylic acids is 1. The molecule has 1 aromatic heterocycles. The number of amides is 1. The first-order valence-corrected chi connectivity index (χ1v) is 10.7. The van der Waals surface area contributed by atoms with Crippen LogP contribution < -0.4 is 9.62 Å². The highest BCUT2D eigenvalue weighted by Gasteiger charge is 2.22. The van der Waals surface area contributed by atoms with Gasteiger partial charge in [0.05, 0.1) is 34.0 Å². The maximum absolute atomic E-state index is 12.5.